The van der Waals surface area contributed by atoms with Crippen molar-refractivity contribution in [3.8, 4) is 0 Å². The standard InChI is InChI=1S/C15H24N2O4S/c1-7-20-13(18)10-8-22-12(16-10)11(9(2)3)17-14(19)21-15(4,5)6/h8-9,11H,7H2,1-6H3,(H,17,19). The number of carbonyl (C=O) groups excluding carboxylic acids is 2. The van der Waals surface area contributed by atoms with Gasteiger partial charge in [0, 0.05) is 5.38 Å². The molecule has 22 heavy (non-hydrogen) atoms. The molecule has 124 valence electrons. The highest BCUT2D eigenvalue weighted by atomic mass is 32.1. The molecular weight excluding hydrogens is 304 g/mol. The van der Waals surface area contributed by atoms with E-state index in [2.05, 4.69) is 10.3 Å². The summed E-state index contributed by atoms with van der Waals surface area (Å²) < 4.78 is 10.2. The van der Waals surface area contributed by atoms with Gasteiger partial charge < -0.3 is 14.8 Å². The molecular formula is C15H24N2O4S. The van der Waals surface area contributed by atoms with Crippen molar-refractivity contribution in [1.82, 2.24) is 10.3 Å². The van der Waals surface area contributed by atoms with Crippen LogP contribution in [0.15, 0.2) is 5.38 Å². The molecule has 0 aromatic carbocycles. The van der Waals surface area contributed by atoms with Gasteiger partial charge in [0.05, 0.1) is 12.6 Å². The van der Waals surface area contributed by atoms with E-state index >= 15 is 0 Å². The number of nitrogens with zero attached hydrogens (tertiary/aromatic N) is 1. The SMILES string of the molecule is CCOC(=O)c1csc(C(NC(=O)OC(C)(C)C)C(C)C)n1. The number of amides is 1. The zero-order valence-corrected chi connectivity index (χ0v) is 14.7. The van der Waals surface area contributed by atoms with Crippen LogP contribution in [0.3, 0.4) is 0 Å². The van der Waals surface area contributed by atoms with Crippen LogP contribution in [0.5, 0.6) is 0 Å². The molecule has 0 radical (unpaired) electrons. The molecule has 0 saturated carbocycles. The van der Waals surface area contributed by atoms with Crippen molar-refractivity contribution in [3.63, 3.8) is 0 Å². The van der Waals surface area contributed by atoms with Gasteiger partial charge in [-0.1, -0.05) is 13.8 Å². The fraction of sp³-hybridized carbons (Fsp3) is 0.667. The molecule has 0 aliphatic heterocycles. The van der Waals surface area contributed by atoms with E-state index < -0.39 is 17.7 Å². The van der Waals surface area contributed by atoms with Crippen LogP contribution in [0.1, 0.15) is 63.1 Å². The summed E-state index contributed by atoms with van der Waals surface area (Å²) in [6, 6.07) is -0.317. The molecule has 0 fully saturated rings. The van der Waals surface area contributed by atoms with E-state index in [4.69, 9.17) is 9.47 Å². The summed E-state index contributed by atoms with van der Waals surface area (Å²) in [5.74, 6) is -0.349. The van der Waals surface area contributed by atoms with E-state index in [1.165, 1.54) is 11.3 Å². The van der Waals surface area contributed by atoms with Gasteiger partial charge in [-0.3, -0.25) is 0 Å². The molecule has 1 unspecified atom stereocenters. The lowest BCUT2D eigenvalue weighted by Crippen LogP contribution is -2.36. The van der Waals surface area contributed by atoms with Gasteiger partial charge in [0.2, 0.25) is 0 Å². The van der Waals surface area contributed by atoms with Crippen LogP contribution in [-0.2, 0) is 9.47 Å². The third kappa shape index (κ3) is 5.63. The second-order valence-corrected chi connectivity index (χ2v) is 7.05. The van der Waals surface area contributed by atoms with Crippen LogP contribution in [0, 0.1) is 5.92 Å². The van der Waals surface area contributed by atoms with Crippen molar-refractivity contribution < 1.29 is 19.1 Å². The van der Waals surface area contributed by atoms with Gasteiger partial charge in [-0.05, 0) is 33.6 Å². The molecule has 0 aliphatic rings. The van der Waals surface area contributed by atoms with Crippen molar-refractivity contribution in [2.45, 2.75) is 53.2 Å². The Bertz CT molecular complexity index is 520. The van der Waals surface area contributed by atoms with Crippen LogP contribution in [0.2, 0.25) is 0 Å². The van der Waals surface area contributed by atoms with Gasteiger partial charge in [-0.25, -0.2) is 14.6 Å². The summed E-state index contributed by atoms with van der Waals surface area (Å²) in [5, 5.41) is 5.10. The summed E-state index contributed by atoms with van der Waals surface area (Å²) in [4.78, 5) is 27.9. The second-order valence-electron chi connectivity index (χ2n) is 6.16. The number of alkyl carbamates (subject to hydrolysis) is 1. The second kappa shape index (κ2) is 7.58. The number of ether oxygens (including phenoxy) is 2. The summed E-state index contributed by atoms with van der Waals surface area (Å²) >= 11 is 1.32. The van der Waals surface area contributed by atoms with Crippen molar-refractivity contribution >= 4 is 23.4 Å². The first kappa shape index (κ1) is 18.4. The van der Waals surface area contributed by atoms with E-state index in [-0.39, 0.29) is 17.7 Å². The maximum absolute atomic E-state index is 11.9. The average Bonchev–Trinajstić information content (AvgIpc) is 2.83. The molecule has 0 spiro atoms. The molecule has 0 bridgehead atoms. The molecule has 1 atom stereocenters. The van der Waals surface area contributed by atoms with Gasteiger partial charge in [0.1, 0.15) is 10.6 Å². The maximum atomic E-state index is 11.9. The third-order valence-electron chi connectivity index (χ3n) is 2.61. The summed E-state index contributed by atoms with van der Waals surface area (Å²) in [6.45, 7) is 11.4. The highest BCUT2D eigenvalue weighted by Gasteiger charge is 2.26. The first-order valence-electron chi connectivity index (χ1n) is 7.26. The molecule has 1 heterocycles. The average molecular weight is 328 g/mol. The zero-order chi connectivity index (χ0) is 16.9. The van der Waals surface area contributed by atoms with Gasteiger partial charge in [-0.2, -0.15) is 0 Å². The fourth-order valence-electron chi connectivity index (χ4n) is 1.68. The van der Waals surface area contributed by atoms with Gasteiger partial charge >= 0.3 is 12.1 Å². The highest BCUT2D eigenvalue weighted by molar-refractivity contribution is 7.09. The molecule has 1 N–H and O–H groups in total. The zero-order valence-electron chi connectivity index (χ0n) is 13.9. The van der Waals surface area contributed by atoms with Gasteiger partial charge in [0.15, 0.2) is 5.69 Å². The number of nitrogens with one attached hydrogen (secondary N) is 1. The fourth-order valence-corrected chi connectivity index (χ4v) is 2.69. The van der Waals surface area contributed by atoms with Crippen molar-refractivity contribution in [3.05, 3.63) is 16.1 Å². The molecule has 7 heteroatoms. The smallest absolute Gasteiger partial charge is 0.408 e. The normalized spacial score (nSPS) is 12.9. The van der Waals surface area contributed by atoms with Crippen LogP contribution in [0.25, 0.3) is 0 Å². The van der Waals surface area contributed by atoms with Gasteiger partial charge in [-0.15, -0.1) is 11.3 Å². The Hall–Kier alpha value is -1.63. The molecule has 0 aliphatic carbocycles. The summed E-state index contributed by atoms with van der Waals surface area (Å²) in [5.41, 5.74) is -0.302. The topological polar surface area (TPSA) is 77.5 Å². The number of hydrogen-bond donors (Lipinski definition) is 1. The predicted molar refractivity (Wildman–Crippen MR) is 85.0 cm³/mol. The highest BCUT2D eigenvalue weighted by Crippen LogP contribution is 2.26. The largest absolute Gasteiger partial charge is 0.461 e. The van der Waals surface area contributed by atoms with E-state index in [0.717, 1.165) is 0 Å². The number of carbonyl (C=O) groups is 2. The molecule has 1 rings (SSSR count). The van der Waals surface area contributed by atoms with Crippen molar-refractivity contribution in [2.75, 3.05) is 6.61 Å². The van der Waals surface area contributed by atoms with Crippen LogP contribution < -0.4 is 5.32 Å². The first-order chi connectivity index (χ1) is 10.1. The van der Waals surface area contributed by atoms with E-state index in [1.807, 2.05) is 13.8 Å². The number of aromatic nitrogens is 1. The van der Waals surface area contributed by atoms with Crippen LogP contribution in [0.4, 0.5) is 4.79 Å². The Morgan fingerprint density at radius 2 is 2.00 bits per heavy atom. The Labute approximate surface area is 135 Å². The molecule has 0 saturated heterocycles. The number of esters is 1. The van der Waals surface area contributed by atoms with Crippen molar-refractivity contribution in [1.29, 1.82) is 0 Å². The minimum absolute atomic E-state index is 0.105. The Morgan fingerprint density at radius 3 is 2.50 bits per heavy atom. The summed E-state index contributed by atoms with van der Waals surface area (Å²) in [6.07, 6.45) is -0.501. The minimum atomic E-state index is -0.565. The lowest BCUT2D eigenvalue weighted by atomic mass is 10.1. The van der Waals surface area contributed by atoms with Crippen LogP contribution in [-0.4, -0.2) is 29.3 Å². The molecule has 1 amide bonds. The Kier molecular flexibility index (Phi) is 6.34. The lowest BCUT2D eigenvalue weighted by Gasteiger charge is -2.24. The van der Waals surface area contributed by atoms with E-state index in [0.29, 0.717) is 11.6 Å². The minimum Gasteiger partial charge on any atom is -0.461 e. The molecule has 6 nitrogen and oxygen atoms in total. The maximum Gasteiger partial charge on any atom is 0.408 e. The predicted octanol–water partition coefficient (Wildman–Crippen LogP) is 3.54. The third-order valence-corrected chi connectivity index (χ3v) is 3.54. The van der Waals surface area contributed by atoms with Crippen molar-refractivity contribution in [2.24, 2.45) is 5.92 Å². The van der Waals surface area contributed by atoms with E-state index in [1.54, 1.807) is 33.1 Å². The Balaban J connectivity index is 2.84. The van der Waals surface area contributed by atoms with E-state index in [9.17, 15) is 9.59 Å². The summed E-state index contributed by atoms with van der Waals surface area (Å²) in [7, 11) is 0. The Morgan fingerprint density at radius 1 is 1.36 bits per heavy atom. The van der Waals surface area contributed by atoms with Crippen LogP contribution >= 0.6 is 11.3 Å². The van der Waals surface area contributed by atoms with Gasteiger partial charge in [0.25, 0.3) is 0 Å². The quantitative estimate of drug-likeness (QED) is 0.837. The lowest BCUT2D eigenvalue weighted by molar-refractivity contribution is 0.0489. The molecule has 1 aromatic rings. The number of thiazole rings is 1. The first-order valence-corrected chi connectivity index (χ1v) is 8.14. The number of rotatable bonds is 5. The number of hydrogen-bond acceptors (Lipinski definition) is 6. The monoisotopic (exact) mass is 328 g/mol. The molecule has 1 aromatic heterocycles.